The third kappa shape index (κ3) is 10.1. The normalized spacial score (nSPS) is 12.8. The minimum atomic E-state index is -0.293. The SMILES string of the molecule is CC(C)c1cccc(C(C)C)c1-c1cc(Oc2[c-]c3c(cc2)c2ccccc2n3-c2cc(C(C)(C)c3ccccc3)ccn2)[c-]c(N2[CH-]N(c3cc(C(C)(C)c4ccccc4)cc(C(C)(C)c4ccccc4)c3)c3ccccc32)c1.[Pt]. The number of anilines is 4. The second-order valence-electron chi connectivity index (χ2n) is 23.8. The average Bonchev–Trinajstić information content (AvgIpc) is 3.74. The summed E-state index contributed by atoms with van der Waals surface area (Å²) in [6, 6.07) is 84.3. The van der Waals surface area contributed by atoms with Crippen molar-refractivity contribution < 1.29 is 25.8 Å². The van der Waals surface area contributed by atoms with Crippen LogP contribution in [-0.2, 0) is 37.3 Å². The molecule has 0 aliphatic carbocycles. The van der Waals surface area contributed by atoms with Gasteiger partial charge < -0.3 is 19.1 Å². The van der Waals surface area contributed by atoms with E-state index in [0.717, 1.165) is 55.9 Å². The summed E-state index contributed by atoms with van der Waals surface area (Å²) < 4.78 is 9.39. The van der Waals surface area contributed by atoms with E-state index in [0.29, 0.717) is 11.5 Å². The topological polar surface area (TPSA) is 33.5 Å². The molecule has 6 heteroatoms. The second-order valence-corrected chi connectivity index (χ2v) is 23.8. The number of hydrogen-bond acceptors (Lipinski definition) is 4. The van der Waals surface area contributed by atoms with Crippen molar-refractivity contribution in [3.8, 4) is 28.4 Å². The van der Waals surface area contributed by atoms with Crippen LogP contribution in [0.3, 0.4) is 0 Å². The summed E-state index contributed by atoms with van der Waals surface area (Å²) in [6.45, 7) is 25.3. The summed E-state index contributed by atoms with van der Waals surface area (Å²) in [5.74, 6) is 2.56. The van der Waals surface area contributed by atoms with Gasteiger partial charge in [0.1, 0.15) is 5.82 Å². The van der Waals surface area contributed by atoms with Gasteiger partial charge in [-0.15, -0.1) is 53.6 Å². The van der Waals surface area contributed by atoms with Crippen LogP contribution in [0.25, 0.3) is 38.8 Å². The van der Waals surface area contributed by atoms with E-state index in [2.05, 4.69) is 309 Å². The van der Waals surface area contributed by atoms with Crippen molar-refractivity contribution in [2.24, 2.45) is 0 Å². The van der Waals surface area contributed by atoms with Crippen molar-refractivity contribution >= 4 is 44.6 Å². The molecule has 81 heavy (non-hydrogen) atoms. The van der Waals surface area contributed by atoms with Gasteiger partial charge >= 0.3 is 0 Å². The molecule has 0 atom stereocenters. The van der Waals surface area contributed by atoms with Gasteiger partial charge in [-0.25, -0.2) is 4.98 Å². The fraction of sp³-hybridized carbons (Fsp3) is 0.200. The van der Waals surface area contributed by atoms with E-state index in [1.54, 1.807) is 0 Å². The molecule has 0 spiro atoms. The van der Waals surface area contributed by atoms with Crippen LogP contribution in [-0.4, -0.2) is 9.55 Å². The Labute approximate surface area is 494 Å². The van der Waals surface area contributed by atoms with Gasteiger partial charge in [-0.3, -0.25) is 0 Å². The van der Waals surface area contributed by atoms with Crippen molar-refractivity contribution in [2.75, 3.05) is 9.80 Å². The van der Waals surface area contributed by atoms with Crippen molar-refractivity contribution in [1.29, 1.82) is 0 Å². The predicted molar refractivity (Wildman–Crippen MR) is 334 cm³/mol. The summed E-state index contributed by atoms with van der Waals surface area (Å²) in [5.41, 5.74) is 17.5. The summed E-state index contributed by atoms with van der Waals surface area (Å²) >= 11 is 0. The molecule has 11 aromatic rings. The largest absolute Gasteiger partial charge is 0.509 e. The van der Waals surface area contributed by atoms with E-state index in [1.165, 1.54) is 50.1 Å². The van der Waals surface area contributed by atoms with Crippen molar-refractivity contribution in [1.82, 2.24) is 9.55 Å². The molecule has 0 saturated heterocycles. The Bertz CT molecular complexity index is 3970. The first kappa shape index (κ1) is 55.0. The predicted octanol–water partition coefficient (Wildman–Crippen LogP) is 19.9. The van der Waals surface area contributed by atoms with E-state index in [4.69, 9.17) is 9.72 Å². The van der Waals surface area contributed by atoms with Crippen molar-refractivity contribution in [3.63, 3.8) is 0 Å². The number of aromatic nitrogens is 2. The molecule has 408 valence electrons. The Morgan fingerprint density at radius 2 is 0.988 bits per heavy atom. The first-order chi connectivity index (χ1) is 38.6. The molecule has 1 aliphatic rings. The molecule has 12 rings (SSSR count). The second kappa shape index (κ2) is 21.8. The minimum absolute atomic E-state index is 0. The Balaban J connectivity index is 0.00000690. The number of benzene rings is 9. The summed E-state index contributed by atoms with van der Waals surface area (Å²) in [5, 5.41) is 2.20. The first-order valence-electron chi connectivity index (χ1n) is 28.2. The zero-order chi connectivity index (χ0) is 55.5. The average molecular weight is 1240 g/mol. The molecule has 1 aliphatic heterocycles. The minimum Gasteiger partial charge on any atom is -0.509 e. The molecule has 0 bridgehead atoms. The van der Waals surface area contributed by atoms with Gasteiger partial charge in [-0.1, -0.05) is 220 Å². The Morgan fingerprint density at radius 1 is 0.457 bits per heavy atom. The molecule has 9 aromatic carbocycles. The van der Waals surface area contributed by atoms with Crippen LogP contribution >= 0.6 is 0 Å². The van der Waals surface area contributed by atoms with Crippen LogP contribution in [0.5, 0.6) is 11.5 Å². The third-order valence-electron chi connectivity index (χ3n) is 17.0. The number of ether oxygens (including phenoxy) is 1. The van der Waals surface area contributed by atoms with Crippen LogP contribution in [0.2, 0.25) is 0 Å². The van der Waals surface area contributed by atoms with E-state index < -0.39 is 0 Å². The van der Waals surface area contributed by atoms with Gasteiger partial charge in [0.2, 0.25) is 0 Å². The molecule has 0 radical (unpaired) electrons. The molecule has 0 saturated carbocycles. The maximum atomic E-state index is 7.16. The zero-order valence-electron chi connectivity index (χ0n) is 48.0. The molecule has 0 amide bonds. The van der Waals surface area contributed by atoms with Gasteiger partial charge in [0.05, 0.1) is 0 Å². The van der Waals surface area contributed by atoms with Crippen LogP contribution in [0.15, 0.2) is 219 Å². The molecule has 0 fully saturated rings. The number of nitrogens with zero attached hydrogens (tertiary/aromatic N) is 4. The number of para-hydroxylation sites is 3. The van der Waals surface area contributed by atoms with Crippen LogP contribution in [0.4, 0.5) is 22.7 Å². The zero-order valence-corrected chi connectivity index (χ0v) is 50.3. The molecule has 0 N–H and O–H groups in total. The van der Waals surface area contributed by atoms with Crippen molar-refractivity contribution in [2.45, 2.75) is 97.3 Å². The van der Waals surface area contributed by atoms with Crippen LogP contribution < -0.4 is 14.5 Å². The van der Waals surface area contributed by atoms with Crippen molar-refractivity contribution in [3.05, 3.63) is 282 Å². The maximum Gasteiger partial charge on any atom is 0.135 e. The van der Waals surface area contributed by atoms with Gasteiger partial charge in [-0.05, 0) is 110 Å². The van der Waals surface area contributed by atoms with E-state index in [9.17, 15) is 0 Å². The fourth-order valence-electron chi connectivity index (χ4n) is 12.0. The number of rotatable bonds is 14. The Hall–Kier alpha value is -7.98. The van der Waals surface area contributed by atoms with Crippen LogP contribution in [0.1, 0.15) is 126 Å². The van der Waals surface area contributed by atoms with Gasteiger partial charge in [-0.2, -0.15) is 6.07 Å². The van der Waals surface area contributed by atoms with E-state index in [-0.39, 0.29) is 49.1 Å². The maximum absolute atomic E-state index is 7.16. The number of pyridine rings is 1. The number of hydrogen-bond donors (Lipinski definition) is 0. The van der Waals surface area contributed by atoms with Gasteiger partial charge in [0, 0.05) is 77.6 Å². The molecule has 5 nitrogen and oxygen atoms in total. The van der Waals surface area contributed by atoms with Gasteiger partial charge in [0.25, 0.3) is 0 Å². The summed E-state index contributed by atoms with van der Waals surface area (Å²) in [4.78, 5) is 9.69. The monoisotopic (exact) mass is 1240 g/mol. The summed E-state index contributed by atoms with van der Waals surface area (Å²) in [6.07, 6.45) is 1.93. The van der Waals surface area contributed by atoms with E-state index >= 15 is 0 Å². The summed E-state index contributed by atoms with van der Waals surface area (Å²) in [7, 11) is 0. The van der Waals surface area contributed by atoms with Crippen LogP contribution in [0, 0.1) is 18.8 Å². The molecule has 2 aromatic heterocycles. The number of fused-ring (bicyclic) bond motifs is 4. The van der Waals surface area contributed by atoms with E-state index in [1.807, 2.05) is 12.3 Å². The molecular weight excluding hydrogens is 1170 g/mol. The Morgan fingerprint density at radius 3 is 1.57 bits per heavy atom. The standard InChI is InChI=1S/C75H69N4O.Pt/c1-50(2)63-32-24-33-64(51(3)4)72(63)52-41-59(47-62(42-52)80-61-37-38-66-65-31-20-21-34-67(65)79(70(66)48-61)71-46-56(39-40-76-71)73(5,6)53-25-14-11-15-26-53)77-49-78(69-36-23-22-35-68(69)77)60-44-57(74(7,8)54-27-16-12-17-28-54)43-58(45-60)75(9,10)55-29-18-13-19-30-55;/h11-46,49-51H,1-10H3;/q-3;. The fourth-order valence-corrected chi connectivity index (χ4v) is 12.0. The quantitative estimate of drug-likeness (QED) is 0.102. The molecule has 0 unspecified atom stereocenters. The first-order valence-corrected chi connectivity index (χ1v) is 28.2. The Kier molecular flexibility index (Phi) is 14.8. The molecular formula is C75H69N4OPt-3. The third-order valence-corrected chi connectivity index (χ3v) is 17.0. The van der Waals surface area contributed by atoms with Gasteiger partial charge in [0.15, 0.2) is 0 Å². The molecule has 3 heterocycles. The smallest absolute Gasteiger partial charge is 0.135 e.